The Balaban J connectivity index is 1.58. The van der Waals surface area contributed by atoms with Crippen molar-refractivity contribution in [3.05, 3.63) is 100 Å². The van der Waals surface area contributed by atoms with Crippen molar-refractivity contribution >= 4 is 34.2 Å². The Morgan fingerprint density at radius 1 is 0.875 bits per heavy atom. The molecule has 0 bridgehead atoms. The van der Waals surface area contributed by atoms with Crippen LogP contribution in [0.4, 0.5) is 11.4 Å². The number of rotatable bonds is 6. The van der Waals surface area contributed by atoms with Crippen LogP contribution >= 0.6 is 0 Å². The van der Waals surface area contributed by atoms with Gasteiger partial charge in [-0.15, -0.1) is 0 Å². The van der Waals surface area contributed by atoms with Crippen LogP contribution in [0.5, 0.6) is 5.75 Å². The summed E-state index contributed by atoms with van der Waals surface area (Å²) >= 11 is 0. The van der Waals surface area contributed by atoms with Crippen molar-refractivity contribution in [1.82, 2.24) is 0 Å². The molecule has 0 spiro atoms. The van der Waals surface area contributed by atoms with Gasteiger partial charge in [-0.05, 0) is 36.4 Å². The van der Waals surface area contributed by atoms with Gasteiger partial charge in [0, 0.05) is 41.4 Å². The number of ether oxygens (including phenoxy) is 1. The highest BCUT2D eigenvalue weighted by Crippen LogP contribution is 2.25. The molecule has 1 aromatic heterocycles. The van der Waals surface area contributed by atoms with E-state index in [4.69, 9.17) is 9.15 Å². The number of carbonyl (C=O) groups excluding carboxylic acids is 2. The third-order valence-electron chi connectivity index (χ3n) is 4.70. The molecule has 0 unspecified atom stereocenters. The number of carbonyl (C=O) groups is 2. The number of benzene rings is 3. The summed E-state index contributed by atoms with van der Waals surface area (Å²) in [5.41, 5.74) is 1.96. The first kappa shape index (κ1) is 20.9. The first-order chi connectivity index (χ1) is 15.5. The predicted molar refractivity (Wildman–Crippen MR) is 122 cm³/mol. The zero-order valence-corrected chi connectivity index (χ0v) is 17.3. The van der Waals surface area contributed by atoms with Gasteiger partial charge in [-0.1, -0.05) is 30.3 Å². The maximum Gasteiger partial charge on any atom is 0.336 e. The van der Waals surface area contributed by atoms with Crippen LogP contribution in [-0.4, -0.2) is 11.8 Å². The van der Waals surface area contributed by atoms with Gasteiger partial charge >= 0.3 is 5.63 Å². The molecule has 0 radical (unpaired) electrons. The third-order valence-corrected chi connectivity index (χ3v) is 4.70. The zero-order chi connectivity index (χ0) is 22.5. The first-order valence-corrected chi connectivity index (χ1v) is 9.92. The van der Waals surface area contributed by atoms with E-state index in [1.54, 1.807) is 54.6 Å². The Morgan fingerprint density at radius 3 is 2.41 bits per heavy atom. The fourth-order valence-corrected chi connectivity index (χ4v) is 3.29. The number of anilines is 2. The summed E-state index contributed by atoms with van der Waals surface area (Å²) in [7, 11) is 0. The Hall–Kier alpha value is -4.39. The van der Waals surface area contributed by atoms with Crippen molar-refractivity contribution < 1.29 is 18.7 Å². The Morgan fingerprint density at radius 2 is 1.62 bits per heavy atom. The molecule has 0 fully saturated rings. The van der Waals surface area contributed by atoms with E-state index in [9.17, 15) is 14.4 Å². The molecule has 2 amide bonds. The fraction of sp³-hybridized carbons (Fsp3) is 0.0800. The molecule has 0 saturated heterocycles. The minimum Gasteiger partial charge on any atom is -0.488 e. The number of fused-ring (bicyclic) bond motifs is 1. The second-order valence-corrected chi connectivity index (χ2v) is 7.09. The third kappa shape index (κ3) is 4.84. The zero-order valence-electron chi connectivity index (χ0n) is 17.3. The van der Waals surface area contributed by atoms with E-state index in [1.807, 2.05) is 18.2 Å². The topological polar surface area (TPSA) is 97.6 Å². The minimum atomic E-state index is -0.536. The van der Waals surface area contributed by atoms with Crippen molar-refractivity contribution in [3.8, 4) is 5.75 Å². The van der Waals surface area contributed by atoms with Gasteiger partial charge in [0.1, 0.15) is 17.9 Å². The lowest BCUT2D eigenvalue weighted by atomic mass is 10.1. The smallest absolute Gasteiger partial charge is 0.336 e. The molecule has 4 aromatic rings. The summed E-state index contributed by atoms with van der Waals surface area (Å²) in [6.07, 6.45) is 0. The fourth-order valence-electron chi connectivity index (χ4n) is 3.29. The minimum absolute atomic E-state index is 0.0528. The summed E-state index contributed by atoms with van der Waals surface area (Å²) in [5.74, 6) is -0.141. The maximum atomic E-state index is 12.7. The maximum absolute atomic E-state index is 12.7. The molecule has 1 heterocycles. The van der Waals surface area contributed by atoms with E-state index in [2.05, 4.69) is 10.6 Å². The quantitative estimate of drug-likeness (QED) is 0.438. The van der Waals surface area contributed by atoms with E-state index < -0.39 is 5.63 Å². The molecular weight excluding hydrogens is 408 g/mol. The highest BCUT2D eigenvalue weighted by Gasteiger charge is 2.14. The van der Waals surface area contributed by atoms with Gasteiger partial charge in [0.15, 0.2) is 0 Å². The Kier molecular flexibility index (Phi) is 5.98. The van der Waals surface area contributed by atoms with E-state index in [-0.39, 0.29) is 18.4 Å². The second-order valence-electron chi connectivity index (χ2n) is 7.09. The van der Waals surface area contributed by atoms with Gasteiger partial charge in [-0.2, -0.15) is 0 Å². The van der Waals surface area contributed by atoms with Crippen molar-refractivity contribution in [2.24, 2.45) is 0 Å². The lowest BCUT2D eigenvalue weighted by Gasteiger charge is -2.13. The summed E-state index contributed by atoms with van der Waals surface area (Å²) < 4.78 is 11.2. The molecule has 32 heavy (non-hydrogen) atoms. The van der Waals surface area contributed by atoms with Gasteiger partial charge in [0.05, 0.1) is 5.56 Å². The van der Waals surface area contributed by atoms with Gasteiger partial charge in [-0.25, -0.2) is 4.79 Å². The highest BCUT2D eigenvalue weighted by molar-refractivity contribution is 6.06. The largest absolute Gasteiger partial charge is 0.488 e. The standard InChI is InChI=1S/C25H20N2O5/c1-16(28)26-19-11-12-20-17(13-24(29)32-23(20)14-19)15-31-22-10-6-5-9-21(22)25(30)27-18-7-3-2-4-8-18/h2-14H,15H2,1H3,(H,26,28)(H,27,30). The number of hydrogen-bond donors (Lipinski definition) is 2. The molecule has 160 valence electrons. The van der Waals surface area contributed by atoms with Crippen LogP contribution in [0.25, 0.3) is 11.0 Å². The first-order valence-electron chi connectivity index (χ1n) is 9.92. The van der Waals surface area contributed by atoms with E-state index in [0.29, 0.717) is 39.2 Å². The van der Waals surface area contributed by atoms with Gasteiger partial charge in [-0.3, -0.25) is 9.59 Å². The molecule has 0 aliphatic rings. The molecule has 3 aromatic carbocycles. The molecule has 0 saturated carbocycles. The molecule has 7 heteroatoms. The average Bonchev–Trinajstić information content (AvgIpc) is 2.77. The molecule has 2 N–H and O–H groups in total. The normalized spacial score (nSPS) is 10.5. The molecule has 7 nitrogen and oxygen atoms in total. The van der Waals surface area contributed by atoms with Gasteiger partial charge < -0.3 is 19.8 Å². The second kappa shape index (κ2) is 9.18. The number of hydrogen-bond acceptors (Lipinski definition) is 5. The number of nitrogens with one attached hydrogen (secondary N) is 2. The van der Waals surface area contributed by atoms with E-state index >= 15 is 0 Å². The molecule has 0 atom stereocenters. The van der Waals surface area contributed by atoms with Crippen LogP contribution in [0.3, 0.4) is 0 Å². The van der Waals surface area contributed by atoms with Crippen molar-refractivity contribution in [3.63, 3.8) is 0 Å². The Bertz CT molecular complexity index is 1350. The van der Waals surface area contributed by atoms with Crippen LogP contribution in [-0.2, 0) is 11.4 Å². The van der Waals surface area contributed by atoms with Crippen molar-refractivity contribution in [2.45, 2.75) is 13.5 Å². The number of para-hydroxylation sites is 2. The average molecular weight is 428 g/mol. The van der Waals surface area contributed by atoms with Crippen LogP contribution in [0.1, 0.15) is 22.8 Å². The highest BCUT2D eigenvalue weighted by atomic mass is 16.5. The summed E-state index contributed by atoms with van der Waals surface area (Å²) in [4.78, 5) is 36.1. The summed E-state index contributed by atoms with van der Waals surface area (Å²) in [6.45, 7) is 1.45. The van der Waals surface area contributed by atoms with Crippen LogP contribution in [0, 0.1) is 0 Å². The summed E-state index contributed by atoms with van der Waals surface area (Å²) in [6, 6.07) is 22.4. The summed E-state index contributed by atoms with van der Waals surface area (Å²) in [5, 5.41) is 6.17. The van der Waals surface area contributed by atoms with Crippen LogP contribution in [0.2, 0.25) is 0 Å². The predicted octanol–water partition coefficient (Wildman–Crippen LogP) is 4.58. The lowest BCUT2D eigenvalue weighted by Crippen LogP contribution is -2.14. The molecule has 4 rings (SSSR count). The van der Waals surface area contributed by atoms with E-state index in [1.165, 1.54) is 13.0 Å². The molecular formula is C25H20N2O5. The van der Waals surface area contributed by atoms with Gasteiger partial charge in [0.2, 0.25) is 5.91 Å². The van der Waals surface area contributed by atoms with Crippen LogP contribution < -0.4 is 21.0 Å². The van der Waals surface area contributed by atoms with E-state index in [0.717, 1.165) is 0 Å². The van der Waals surface area contributed by atoms with Crippen LogP contribution in [0.15, 0.2) is 88.1 Å². The molecule has 0 aliphatic carbocycles. The number of amides is 2. The molecule has 0 aliphatic heterocycles. The van der Waals surface area contributed by atoms with Crippen molar-refractivity contribution in [1.29, 1.82) is 0 Å². The van der Waals surface area contributed by atoms with Gasteiger partial charge in [0.25, 0.3) is 5.91 Å². The monoisotopic (exact) mass is 428 g/mol. The SMILES string of the molecule is CC(=O)Nc1ccc2c(COc3ccccc3C(=O)Nc3ccccc3)cc(=O)oc2c1. The lowest BCUT2D eigenvalue weighted by molar-refractivity contribution is -0.114. The Labute approximate surface area is 183 Å². The van der Waals surface area contributed by atoms with Crippen molar-refractivity contribution in [2.75, 3.05) is 10.6 Å².